The average Bonchev–Trinajstić information content (AvgIpc) is 2.58. The van der Waals surface area contributed by atoms with Crippen molar-refractivity contribution in [3.63, 3.8) is 0 Å². The second-order valence-corrected chi connectivity index (χ2v) is 4.79. The molecule has 1 unspecified atom stereocenters. The van der Waals surface area contributed by atoms with E-state index in [1.54, 1.807) is 37.3 Å². The maximum Gasteiger partial charge on any atom is 0.273 e. The fraction of sp³-hybridized carbons (Fsp3) is 0.111. The van der Waals surface area contributed by atoms with Crippen molar-refractivity contribution in [2.45, 2.75) is 13.0 Å². The number of benzene rings is 2. The van der Waals surface area contributed by atoms with Crippen molar-refractivity contribution in [1.29, 1.82) is 0 Å². The first-order valence-electron chi connectivity index (χ1n) is 6.97. The zero-order chi connectivity index (χ0) is 15.8. The summed E-state index contributed by atoms with van der Waals surface area (Å²) in [5.74, 6) is -0.557. The molecule has 0 fully saturated rings. The fourth-order valence-electron chi connectivity index (χ4n) is 1.81. The summed E-state index contributed by atoms with van der Waals surface area (Å²) >= 11 is 0. The topological polar surface area (TPSA) is 61.7 Å². The van der Waals surface area contributed by atoms with Gasteiger partial charge in [-0.1, -0.05) is 66.7 Å². The molecule has 0 aliphatic rings. The molecule has 0 radical (unpaired) electrons. The van der Waals surface area contributed by atoms with E-state index in [0.29, 0.717) is 11.3 Å². The molecule has 2 N–H and O–H groups in total. The van der Waals surface area contributed by atoms with E-state index in [-0.39, 0.29) is 0 Å². The second-order valence-electron chi connectivity index (χ2n) is 4.79. The number of aliphatic hydroxyl groups is 1. The summed E-state index contributed by atoms with van der Waals surface area (Å²) < 4.78 is 0. The van der Waals surface area contributed by atoms with Crippen molar-refractivity contribution in [1.82, 2.24) is 5.43 Å². The Morgan fingerprint density at radius 3 is 2.32 bits per heavy atom. The third kappa shape index (κ3) is 4.68. The molecule has 4 heteroatoms. The van der Waals surface area contributed by atoms with Gasteiger partial charge < -0.3 is 5.11 Å². The van der Waals surface area contributed by atoms with Crippen LogP contribution in [0.25, 0.3) is 6.08 Å². The van der Waals surface area contributed by atoms with E-state index in [4.69, 9.17) is 0 Å². The van der Waals surface area contributed by atoms with Crippen molar-refractivity contribution in [3.8, 4) is 0 Å². The number of aliphatic hydroxyl groups excluding tert-OH is 1. The van der Waals surface area contributed by atoms with Crippen molar-refractivity contribution in [3.05, 3.63) is 77.9 Å². The van der Waals surface area contributed by atoms with Crippen molar-refractivity contribution >= 4 is 17.7 Å². The molecular weight excluding hydrogens is 276 g/mol. The molecule has 2 rings (SSSR count). The van der Waals surface area contributed by atoms with Gasteiger partial charge in [0.25, 0.3) is 5.91 Å². The highest BCUT2D eigenvalue weighted by molar-refractivity contribution is 5.97. The van der Waals surface area contributed by atoms with Gasteiger partial charge in [0.15, 0.2) is 6.10 Å². The van der Waals surface area contributed by atoms with Crippen molar-refractivity contribution in [2.24, 2.45) is 5.10 Å². The quantitative estimate of drug-likeness (QED) is 0.658. The van der Waals surface area contributed by atoms with Gasteiger partial charge in [0.1, 0.15) is 0 Å². The van der Waals surface area contributed by atoms with E-state index < -0.39 is 12.0 Å². The van der Waals surface area contributed by atoms with Crippen LogP contribution in [0.15, 0.2) is 71.8 Å². The normalized spacial score (nSPS) is 13.1. The minimum absolute atomic E-state index is 0.535. The summed E-state index contributed by atoms with van der Waals surface area (Å²) in [6.07, 6.45) is 2.47. The predicted molar refractivity (Wildman–Crippen MR) is 88.1 cm³/mol. The lowest BCUT2D eigenvalue weighted by atomic mass is 10.1. The summed E-state index contributed by atoms with van der Waals surface area (Å²) in [7, 11) is 0. The summed E-state index contributed by atoms with van der Waals surface area (Å²) in [6, 6.07) is 18.5. The van der Waals surface area contributed by atoms with Gasteiger partial charge in [0.2, 0.25) is 0 Å². The van der Waals surface area contributed by atoms with Crippen LogP contribution >= 0.6 is 0 Å². The molecule has 0 bridgehead atoms. The molecule has 4 nitrogen and oxygen atoms in total. The van der Waals surface area contributed by atoms with E-state index in [0.717, 1.165) is 5.56 Å². The molecule has 0 aliphatic carbocycles. The summed E-state index contributed by atoms with van der Waals surface area (Å²) in [5.41, 5.74) is 4.58. The number of allylic oxidation sites excluding steroid dienone is 1. The Hall–Kier alpha value is -2.72. The number of nitrogens with one attached hydrogen (secondary N) is 1. The van der Waals surface area contributed by atoms with Crippen LogP contribution in [0, 0.1) is 0 Å². The number of nitrogens with zero attached hydrogens (tertiary/aromatic N) is 1. The first kappa shape index (κ1) is 15.7. The number of hydrogen-bond donors (Lipinski definition) is 2. The molecule has 0 heterocycles. The van der Waals surface area contributed by atoms with Crippen LogP contribution in [-0.2, 0) is 4.79 Å². The third-order valence-electron chi connectivity index (χ3n) is 3.02. The van der Waals surface area contributed by atoms with Crippen LogP contribution in [-0.4, -0.2) is 16.7 Å². The minimum Gasteiger partial charge on any atom is -0.378 e. The van der Waals surface area contributed by atoms with Gasteiger partial charge in [0, 0.05) is 0 Å². The largest absolute Gasteiger partial charge is 0.378 e. The molecule has 2 aromatic carbocycles. The standard InChI is InChI=1S/C18H18N2O2/c1-14(12-13-15-8-4-2-5-9-15)19-20-18(22)17(21)16-10-6-3-7-11-16/h2-13,17,21H,1H3,(H,20,22)/b13-12+,19-14?. The average molecular weight is 294 g/mol. The Balaban J connectivity index is 1.93. The van der Waals surface area contributed by atoms with Crippen molar-refractivity contribution < 1.29 is 9.90 Å². The molecule has 0 saturated carbocycles. The number of hydrogen-bond acceptors (Lipinski definition) is 3. The lowest BCUT2D eigenvalue weighted by Gasteiger charge is -2.08. The Morgan fingerprint density at radius 1 is 1.09 bits per heavy atom. The zero-order valence-corrected chi connectivity index (χ0v) is 12.3. The minimum atomic E-state index is -1.23. The first-order chi connectivity index (χ1) is 10.7. The van der Waals surface area contributed by atoms with Gasteiger partial charge in [-0.3, -0.25) is 4.79 Å². The fourth-order valence-corrected chi connectivity index (χ4v) is 1.81. The molecule has 0 aliphatic heterocycles. The Kier molecular flexibility index (Phi) is 5.63. The zero-order valence-electron chi connectivity index (χ0n) is 12.3. The van der Waals surface area contributed by atoms with Crippen LogP contribution in [0.3, 0.4) is 0 Å². The van der Waals surface area contributed by atoms with Gasteiger partial charge in [-0.2, -0.15) is 5.10 Å². The van der Waals surface area contributed by atoms with Crippen LogP contribution in [0.2, 0.25) is 0 Å². The molecule has 0 aromatic heterocycles. The smallest absolute Gasteiger partial charge is 0.273 e. The number of rotatable bonds is 5. The van der Waals surface area contributed by atoms with Crippen LogP contribution in [0.1, 0.15) is 24.2 Å². The number of hydrazone groups is 1. The number of carbonyl (C=O) groups excluding carboxylic acids is 1. The molecule has 1 amide bonds. The Labute approximate surface area is 129 Å². The van der Waals surface area contributed by atoms with Gasteiger partial charge in [0.05, 0.1) is 5.71 Å². The summed E-state index contributed by atoms with van der Waals surface area (Å²) in [4.78, 5) is 11.8. The highest BCUT2D eigenvalue weighted by atomic mass is 16.3. The highest BCUT2D eigenvalue weighted by Gasteiger charge is 2.15. The third-order valence-corrected chi connectivity index (χ3v) is 3.02. The molecule has 1 atom stereocenters. The maximum absolute atomic E-state index is 11.8. The predicted octanol–water partition coefficient (Wildman–Crippen LogP) is 2.93. The van der Waals surface area contributed by atoms with Gasteiger partial charge >= 0.3 is 0 Å². The second kappa shape index (κ2) is 7.90. The maximum atomic E-state index is 11.8. The molecule has 0 saturated heterocycles. The number of carbonyl (C=O) groups is 1. The monoisotopic (exact) mass is 294 g/mol. The highest BCUT2D eigenvalue weighted by Crippen LogP contribution is 2.11. The first-order valence-corrected chi connectivity index (χ1v) is 6.97. The number of amides is 1. The van der Waals surface area contributed by atoms with E-state index in [2.05, 4.69) is 10.5 Å². The van der Waals surface area contributed by atoms with Crippen molar-refractivity contribution in [2.75, 3.05) is 0 Å². The van der Waals surface area contributed by atoms with E-state index in [9.17, 15) is 9.90 Å². The van der Waals surface area contributed by atoms with E-state index >= 15 is 0 Å². The Morgan fingerprint density at radius 2 is 1.68 bits per heavy atom. The SMILES string of the molecule is CC(/C=C/c1ccccc1)=NNC(=O)C(O)c1ccccc1. The van der Waals surface area contributed by atoms with Gasteiger partial charge in [-0.05, 0) is 24.1 Å². The molecule has 22 heavy (non-hydrogen) atoms. The van der Waals surface area contributed by atoms with Crippen LogP contribution in [0.4, 0.5) is 0 Å². The summed E-state index contributed by atoms with van der Waals surface area (Å²) in [5, 5.41) is 13.9. The van der Waals surface area contributed by atoms with E-state index in [1.165, 1.54) is 0 Å². The lowest BCUT2D eigenvalue weighted by molar-refractivity contribution is -0.129. The van der Waals surface area contributed by atoms with Crippen LogP contribution in [0.5, 0.6) is 0 Å². The van der Waals surface area contributed by atoms with Gasteiger partial charge in [-0.15, -0.1) is 0 Å². The lowest BCUT2D eigenvalue weighted by Crippen LogP contribution is -2.25. The molecule has 0 spiro atoms. The molecule has 112 valence electrons. The van der Waals surface area contributed by atoms with E-state index in [1.807, 2.05) is 42.5 Å². The Bertz CT molecular complexity index is 664. The van der Waals surface area contributed by atoms with Gasteiger partial charge in [-0.25, -0.2) is 5.43 Å². The molecular formula is C18H18N2O2. The molecule has 2 aromatic rings. The van der Waals surface area contributed by atoms with Crippen LogP contribution < -0.4 is 5.43 Å². The summed E-state index contributed by atoms with van der Waals surface area (Å²) in [6.45, 7) is 1.77.